The van der Waals surface area contributed by atoms with Gasteiger partial charge in [0.05, 0.1) is 30.0 Å². The molecule has 10 heteroatoms. The van der Waals surface area contributed by atoms with E-state index < -0.39 is 18.0 Å². The summed E-state index contributed by atoms with van der Waals surface area (Å²) in [5.74, 6) is -1.22. The molecule has 34 heavy (non-hydrogen) atoms. The highest BCUT2D eigenvalue weighted by molar-refractivity contribution is 6.08. The molecule has 0 unspecified atom stereocenters. The van der Waals surface area contributed by atoms with Gasteiger partial charge in [-0.25, -0.2) is 0 Å². The molecular weight excluding hydrogens is 451 g/mol. The number of carbonyl (C=O) groups excluding carboxylic acids is 1. The van der Waals surface area contributed by atoms with Crippen LogP contribution in [0.4, 0.5) is 24.5 Å². The Hall–Kier alpha value is -3.53. The zero-order chi connectivity index (χ0) is 24.5. The summed E-state index contributed by atoms with van der Waals surface area (Å²) in [5, 5.41) is 0.764. The highest BCUT2D eigenvalue weighted by Gasteiger charge is 2.33. The Balaban J connectivity index is 1.77. The van der Waals surface area contributed by atoms with E-state index in [1.54, 1.807) is 28.8 Å². The first-order valence-electron chi connectivity index (χ1n) is 10.8. The lowest BCUT2D eigenvalue weighted by Crippen LogP contribution is -2.37. The van der Waals surface area contributed by atoms with Crippen molar-refractivity contribution in [2.24, 2.45) is 0 Å². The van der Waals surface area contributed by atoms with Gasteiger partial charge in [0.15, 0.2) is 0 Å². The Morgan fingerprint density at radius 2 is 1.82 bits per heavy atom. The van der Waals surface area contributed by atoms with E-state index in [9.17, 15) is 22.8 Å². The van der Waals surface area contributed by atoms with Crippen LogP contribution in [0.5, 0.6) is 5.75 Å². The van der Waals surface area contributed by atoms with E-state index in [0.717, 1.165) is 17.1 Å². The maximum absolute atomic E-state index is 13.1. The van der Waals surface area contributed by atoms with Gasteiger partial charge in [0, 0.05) is 43.8 Å². The minimum absolute atomic E-state index is 0.133. The SMILES string of the molecule is CCn1c(=O)cc(N2CCOCC2)c2cc(N(C)C(=O)c3ccccc3OC(F)(F)F)ccc21. The summed E-state index contributed by atoms with van der Waals surface area (Å²) in [5.41, 5.74) is 1.56. The molecule has 1 amide bonds. The second kappa shape index (κ2) is 9.38. The average Bonchev–Trinajstić information content (AvgIpc) is 2.82. The van der Waals surface area contributed by atoms with Crippen molar-refractivity contribution >= 4 is 28.2 Å². The van der Waals surface area contributed by atoms with Crippen LogP contribution < -0.4 is 20.1 Å². The van der Waals surface area contributed by atoms with Crippen molar-refractivity contribution in [2.75, 3.05) is 43.2 Å². The van der Waals surface area contributed by atoms with Crippen LogP contribution >= 0.6 is 0 Å². The number of nitrogens with zero attached hydrogens (tertiary/aromatic N) is 3. The average molecular weight is 475 g/mol. The van der Waals surface area contributed by atoms with E-state index in [1.807, 2.05) is 6.92 Å². The number of aromatic nitrogens is 1. The van der Waals surface area contributed by atoms with Crippen LogP contribution in [0, 0.1) is 0 Å². The number of pyridine rings is 1. The monoisotopic (exact) mass is 475 g/mol. The van der Waals surface area contributed by atoms with Crippen molar-refractivity contribution in [3.8, 4) is 5.75 Å². The fraction of sp³-hybridized carbons (Fsp3) is 0.333. The zero-order valence-corrected chi connectivity index (χ0v) is 18.8. The molecular formula is C24H24F3N3O4. The van der Waals surface area contributed by atoms with Crippen LogP contribution in [0.2, 0.25) is 0 Å². The number of benzene rings is 2. The van der Waals surface area contributed by atoms with E-state index in [4.69, 9.17) is 4.74 Å². The van der Waals surface area contributed by atoms with Gasteiger partial charge in [-0.3, -0.25) is 9.59 Å². The molecule has 0 spiro atoms. The Labute approximate surface area is 193 Å². The van der Waals surface area contributed by atoms with E-state index in [-0.39, 0.29) is 11.1 Å². The van der Waals surface area contributed by atoms with Gasteiger partial charge in [-0.1, -0.05) is 12.1 Å². The second-order valence-electron chi connectivity index (χ2n) is 7.82. The molecule has 1 aliphatic heterocycles. The molecule has 1 saturated heterocycles. The van der Waals surface area contributed by atoms with Crippen LogP contribution in [0.3, 0.4) is 0 Å². The molecule has 0 saturated carbocycles. The van der Waals surface area contributed by atoms with Crippen LogP contribution in [0.25, 0.3) is 10.9 Å². The van der Waals surface area contributed by atoms with Crippen molar-refractivity contribution in [1.29, 1.82) is 0 Å². The fourth-order valence-corrected chi connectivity index (χ4v) is 4.11. The predicted octanol–water partition coefficient (Wildman–Crippen LogP) is 4.03. The zero-order valence-electron chi connectivity index (χ0n) is 18.8. The number of fused-ring (bicyclic) bond motifs is 1. The molecule has 2 aromatic carbocycles. The first kappa shape index (κ1) is 23.6. The third-order valence-electron chi connectivity index (χ3n) is 5.78. The van der Waals surface area contributed by atoms with Crippen molar-refractivity contribution in [2.45, 2.75) is 19.8 Å². The van der Waals surface area contributed by atoms with Crippen LogP contribution in [0.15, 0.2) is 53.3 Å². The molecule has 2 heterocycles. The fourth-order valence-electron chi connectivity index (χ4n) is 4.11. The summed E-state index contributed by atoms with van der Waals surface area (Å²) < 4.78 is 49.6. The summed E-state index contributed by atoms with van der Waals surface area (Å²) in [6, 6.07) is 12.0. The van der Waals surface area contributed by atoms with Crippen LogP contribution in [-0.4, -0.2) is 50.2 Å². The summed E-state index contributed by atoms with van der Waals surface area (Å²) >= 11 is 0. The Bertz CT molecular complexity index is 1270. The number of carbonyl (C=O) groups is 1. The maximum Gasteiger partial charge on any atom is 0.573 e. The van der Waals surface area contributed by atoms with Crippen LogP contribution in [-0.2, 0) is 11.3 Å². The van der Waals surface area contributed by atoms with E-state index in [1.165, 1.54) is 30.1 Å². The number of para-hydroxylation sites is 1. The summed E-state index contributed by atoms with van der Waals surface area (Å²) in [7, 11) is 1.48. The Morgan fingerprint density at radius 3 is 2.50 bits per heavy atom. The number of morpholine rings is 1. The van der Waals surface area contributed by atoms with Crippen molar-refractivity contribution in [3.05, 3.63) is 64.4 Å². The summed E-state index contributed by atoms with van der Waals surface area (Å²) in [6.45, 7) is 4.64. The van der Waals surface area contributed by atoms with Crippen LogP contribution in [0.1, 0.15) is 17.3 Å². The number of aryl methyl sites for hydroxylation is 1. The van der Waals surface area contributed by atoms with E-state index in [2.05, 4.69) is 9.64 Å². The number of alkyl halides is 3. The van der Waals surface area contributed by atoms with Crippen molar-refractivity contribution < 1.29 is 27.4 Å². The number of rotatable bonds is 5. The number of anilines is 2. The summed E-state index contributed by atoms with van der Waals surface area (Å²) in [4.78, 5) is 29.2. The maximum atomic E-state index is 13.1. The first-order chi connectivity index (χ1) is 16.2. The molecule has 180 valence electrons. The number of amides is 1. The first-order valence-corrected chi connectivity index (χ1v) is 10.8. The highest BCUT2D eigenvalue weighted by atomic mass is 19.4. The minimum atomic E-state index is -4.92. The largest absolute Gasteiger partial charge is 0.573 e. The number of hydrogen-bond donors (Lipinski definition) is 0. The third-order valence-corrected chi connectivity index (χ3v) is 5.78. The number of hydrogen-bond acceptors (Lipinski definition) is 5. The molecule has 1 aliphatic rings. The van der Waals surface area contributed by atoms with Gasteiger partial charge < -0.3 is 23.8 Å². The number of ether oxygens (including phenoxy) is 2. The lowest BCUT2D eigenvalue weighted by molar-refractivity contribution is -0.274. The minimum Gasteiger partial charge on any atom is -0.405 e. The van der Waals surface area contributed by atoms with Crippen molar-refractivity contribution in [1.82, 2.24) is 4.57 Å². The Morgan fingerprint density at radius 1 is 1.12 bits per heavy atom. The van der Waals surface area contributed by atoms with Gasteiger partial charge in [0.2, 0.25) is 0 Å². The molecule has 1 fully saturated rings. The predicted molar refractivity (Wildman–Crippen MR) is 123 cm³/mol. The second-order valence-corrected chi connectivity index (χ2v) is 7.82. The van der Waals surface area contributed by atoms with E-state index in [0.29, 0.717) is 44.1 Å². The lowest BCUT2D eigenvalue weighted by Gasteiger charge is -2.30. The molecule has 0 aliphatic carbocycles. The van der Waals surface area contributed by atoms with Crippen molar-refractivity contribution in [3.63, 3.8) is 0 Å². The van der Waals surface area contributed by atoms with E-state index >= 15 is 0 Å². The molecule has 1 aromatic heterocycles. The number of halogens is 3. The normalized spacial score (nSPS) is 14.3. The third kappa shape index (κ3) is 4.72. The van der Waals surface area contributed by atoms with Gasteiger partial charge in [0.1, 0.15) is 5.75 Å². The smallest absolute Gasteiger partial charge is 0.405 e. The van der Waals surface area contributed by atoms with Gasteiger partial charge in [-0.2, -0.15) is 0 Å². The highest BCUT2D eigenvalue weighted by Crippen LogP contribution is 2.32. The quantitative estimate of drug-likeness (QED) is 0.558. The molecule has 0 atom stereocenters. The summed E-state index contributed by atoms with van der Waals surface area (Å²) in [6.07, 6.45) is -4.92. The molecule has 7 nitrogen and oxygen atoms in total. The standard InChI is InChI=1S/C24H24F3N3O4/c1-3-30-19-9-8-16(14-18(19)20(15-22(30)31)29-10-12-33-13-11-29)28(2)23(32)17-6-4-5-7-21(17)34-24(25,26)27/h4-9,14-15H,3,10-13H2,1-2H3. The molecule has 4 rings (SSSR count). The lowest BCUT2D eigenvalue weighted by atomic mass is 10.1. The molecule has 3 aromatic rings. The van der Waals surface area contributed by atoms with Gasteiger partial charge in [-0.15, -0.1) is 13.2 Å². The van der Waals surface area contributed by atoms with Gasteiger partial charge in [0.25, 0.3) is 11.5 Å². The molecule has 0 radical (unpaired) electrons. The molecule has 0 N–H and O–H groups in total. The topological polar surface area (TPSA) is 64.0 Å². The van der Waals surface area contributed by atoms with Gasteiger partial charge in [-0.05, 0) is 37.3 Å². The molecule has 0 bridgehead atoms. The Kier molecular flexibility index (Phi) is 6.52. The van der Waals surface area contributed by atoms with Gasteiger partial charge >= 0.3 is 6.36 Å².